The van der Waals surface area contributed by atoms with E-state index in [4.69, 9.17) is 4.74 Å². The molecule has 1 heterocycles. The van der Waals surface area contributed by atoms with Gasteiger partial charge in [-0.2, -0.15) is 0 Å². The van der Waals surface area contributed by atoms with Gasteiger partial charge >= 0.3 is 6.09 Å². The molecule has 1 aliphatic heterocycles. The number of likely N-dealkylation sites (tertiary alicyclic amines) is 1. The fraction of sp³-hybridized carbons (Fsp3) is 0.769. The number of aliphatic hydroxyl groups is 1. The number of piperidine rings is 1. The topological polar surface area (TPSA) is 49.8 Å². The molecule has 0 saturated carbocycles. The predicted molar refractivity (Wildman–Crippen MR) is 66.7 cm³/mol. The van der Waals surface area contributed by atoms with Gasteiger partial charge in [0.25, 0.3) is 0 Å². The number of aliphatic hydroxyl groups excluding tert-OH is 1. The molecule has 1 aliphatic rings. The minimum Gasteiger partial charge on any atom is -0.444 e. The van der Waals surface area contributed by atoms with Gasteiger partial charge in [-0.15, -0.1) is 6.58 Å². The van der Waals surface area contributed by atoms with Gasteiger partial charge in [0, 0.05) is 19.0 Å². The first-order valence-corrected chi connectivity index (χ1v) is 6.10. The summed E-state index contributed by atoms with van der Waals surface area (Å²) in [5.74, 6) is 0.0776. The summed E-state index contributed by atoms with van der Waals surface area (Å²) in [5.41, 5.74) is -0.471. The standard InChI is InChI=1S/C13H23NO3/c1-5-6-10-9-14(8-7-11(10)15)12(16)17-13(2,3)4/h5,10-11,15H,1,6-9H2,2-4H3/t10-,11+/m1/s1. The first-order valence-electron chi connectivity index (χ1n) is 6.10. The SMILES string of the molecule is C=CC[C@@H]1CN(C(=O)OC(C)(C)C)CC[C@@H]1O. The highest BCUT2D eigenvalue weighted by Crippen LogP contribution is 2.22. The lowest BCUT2D eigenvalue weighted by Gasteiger charge is -2.36. The number of hydrogen-bond acceptors (Lipinski definition) is 3. The highest BCUT2D eigenvalue weighted by molar-refractivity contribution is 5.68. The van der Waals surface area contributed by atoms with Crippen LogP contribution in [-0.2, 0) is 4.74 Å². The molecule has 0 radical (unpaired) electrons. The van der Waals surface area contributed by atoms with Crippen LogP contribution >= 0.6 is 0 Å². The van der Waals surface area contributed by atoms with Crippen molar-refractivity contribution in [3.8, 4) is 0 Å². The van der Waals surface area contributed by atoms with E-state index >= 15 is 0 Å². The third-order valence-corrected chi connectivity index (χ3v) is 2.81. The van der Waals surface area contributed by atoms with Gasteiger partial charge in [0.05, 0.1) is 6.10 Å². The molecule has 1 N–H and O–H groups in total. The summed E-state index contributed by atoms with van der Waals surface area (Å²) < 4.78 is 5.32. The lowest BCUT2D eigenvalue weighted by Crippen LogP contribution is -2.47. The van der Waals surface area contributed by atoms with Crippen molar-refractivity contribution >= 4 is 6.09 Å². The zero-order chi connectivity index (χ0) is 13.1. The molecule has 1 rings (SSSR count). The second kappa shape index (κ2) is 5.54. The fourth-order valence-corrected chi connectivity index (χ4v) is 1.96. The van der Waals surface area contributed by atoms with Crippen LogP contribution in [0.1, 0.15) is 33.6 Å². The summed E-state index contributed by atoms with van der Waals surface area (Å²) in [7, 11) is 0. The van der Waals surface area contributed by atoms with E-state index in [2.05, 4.69) is 6.58 Å². The molecule has 2 atom stereocenters. The van der Waals surface area contributed by atoms with Crippen LogP contribution in [0, 0.1) is 5.92 Å². The summed E-state index contributed by atoms with van der Waals surface area (Å²) in [6, 6.07) is 0. The molecule has 0 spiro atoms. The third-order valence-electron chi connectivity index (χ3n) is 2.81. The average Bonchev–Trinajstić information content (AvgIpc) is 2.19. The van der Waals surface area contributed by atoms with Crippen LogP contribution in [0.4, 0.5) is 4.79 Å². The maximum atomic E-state index is 11.9. The third kappa shape index (κ3) is 4.38. The first-order chi connectivity index (χ1) is 7.83. The number of hydrogen-bond donors (Lipinski definition) is 1. The predicted octanol–water partition coefficient (Wildman–Crippen LogP) is 2.18. The van der Waals surface area contributed by atoms with Crippen molar-refractivity contribution in [1.82, 2.24) is 4.90 Å². The maximum absolute atomic E-state index is 11.9. The van der Waals surface area contributed by atoms with Crippen molar-refractivity contribution in [1.29, 1.82) is 0 Å². The summed E-state index contributed by atoms with van der Waals surface area (Å²) in [4.78, 5) is 13.5. The molecule has 98 valence electrons. The molecule has 17 heavy (non-hydrogen) atoms. The van der Waals surface area contributed by atoms with Crippen LogP contribution in [0.25, 0.3) is 0 Å². The first kappa shape index (κ1) is 14.0. The molecular formula is C13H23NO3. The highest BCUT2D eigenvalue weighted by atomic mass is 16.6. The van der Waals surface area contributed by atoms with Crippen molar-refractivity contribution in [3.05, 3.63) is 12.7 Å². The zero-order valence-electron chi connectivity index (χ0n) is 11.0. The van der Waals surface area contributed by atoms with Gasteiger partial charge in [-0.25, -0.2) is 4.79 Å². The minimum atomic E-state index is -0.471. The fourth-order valence-electron chi connectivity index (χ4n) is 1.96. The number of amides is 1. The Labute approximate surface area is 103 Å². The second-order valence-corrected chi connectivity index (χ2v) is 5.57. The molecule has 1 saturated heterocycles. The van der Waals surface area contributed by atoms with Gasteiger partial charge in [-0.05, 0) is 33.6 Å². The molecule has 0 unspecified atom stereocenters. The molecule has 0 bridgehead atoms. The van der Waals surface area contributed by atoms with Crippen LogP contribution < -0.4 is 0 Å². The number of nitrogens with zero attached hydrogens (tertiary/aromatic N) is 1. The van der Waals surface area contributed by atoms with Crippen molar-refractivity contribution in [3.63, 3.8) is 0 Å². The summed E-state index contributed by atoms with van der Waals surface area (Å²) in [6.45, 7) is 10.3. The van der Waals surface area contributed by atoms with E-state index in [1.54, 1.807) is 11.0 Å². The second-order valence-electron chi connectivity index (χ2n) is 5.57. The molecule has 0 aromatic rings. The molecule has 4 nitrogen and oxygen atoms in total. The van der Waals surface area contributed by atoms with Crippen LogP contribution in [0.2, 0.25) is 0 Å². The number of carbonyl (C=O) groups is 1. The van der Waals surface area contributed by atoms with E-state index in [9.17, 15) is 9.90 Å². The normalized spacial score (nSPS) is 25.5. The Bertz CT molecular complexity index is 283. The van der Waals surface area contributed by atoms with E-state index in [1.807, 2.05) is 20.8 Å². The van der Waals surface area contributed by atoms with Crippen molar-refractivity contribution in [2.75, 3.05) is 13.1 Å². The molecule has 4 heteroatoms. The quantitative estimate of drug-likeness (QED) is 0.754. The van der Waals surface area contributed by atoms with E-state index in [-0.39, 0.29) is 18.1 Å². The van der Waals surface area contributed by atoms with Crippen molar-refractivity contribution < 1.29 is 14.6 Å². The van der Waals surface area contributed by atoms with Crippen LogP contribution in [0.15, 0.2) is 12.7 Å². The van der Waals surface area contributed by atoms with E-state index < -0.39 is 5.60 Å². The van der Waals surface area contributed by atoms with Gasteiger partial charge in [0.2, 0.25) is 0 Å². The summed E-state index contributed by atoms with van der Waals surface area (Å²) in [5, 5.41) is 9.81. The molecule has 1 fully saturated rings. The van der Waals surface area contributed by atoms with E-state index in [0.717, 1.165) is 6.42 Å². The Morgan fingerprint density at radius 3 is 2.76 bits per heavy atom. The van der Waals surface area contributed by atoms with Crippen molar-refractivity contribution in [2.24, 2.45) is 5.92 Å². The van der Waals surface area contributed by atoms with Crippen LogP contribution in [0.3, 0.4) is 0 Å². The smallest absolute Gasteiger partial charge is 0.410 e. The summed E-state index contributed by atoms with van der Waals surface area (Å²) >= 11 is 0. The van der Waals surface area contributed by atoms with Gasteiger partial charge in [0.15, 0.2) is 0 Å². The average molecular weight is 241 g/mol. The van der Waals surface area contributed by atoms with Crippen molar-refractivity contribution in [2.45, 2.75) is 45.3 Å². The monoisotopic (exact) mass is 241 g/mol. The Kier molecular flexibility index (Phi) is 4.57. The summed E-state index contributed by atoms with van der Waals surface area (Å²) in [6.07, 6.45) is 2.48. The van der Waals surface area contributed by atoms with E-state index in [1.165, 1.54) is 0 Å². The van der Waals surface area contributed by atoms with Crippen LogP contribution in [-0.4, -0.2) is 40.9 Å². The number of ether oxygens (including phenoxy) is 1. The molecule has 0 aliphatic carbocycles. The van der Waals surface area contributed by atoms with Gasteiger partial charge < -0.3 is 14.7 Å². The molecular weight excluding hydrogens is 218 g/mol. The number of allylic oxidation sites excluding steroid dienone is 1. The highest BCUT2D eigenvalue weighted by Gasteiger charge is 2.31. The Morgan fingerprint density at radius 2 is 2.24 bits per heavy atom. The molecule has 1 amide bonds. The lowest BCUT2D eigenvalue weighted by molar-refractivity contribution is -0.00771. The lowest BCUT2D eigenvalue weighted by atomic mass is 9.92. The number of rotatable bonds is 2. The molecule has 0 aromatic heterocycles. The Balaban J connectivity index is 2.55. The van der Waals surface area contributed by atoms with Crippen LogP contribution in [0.5, 0.6) is 0 Å². The number of carbonyl (C=O) groups excluding carboxylic acids is 1. The zero-order valence-corrected chi connectivity index (χ0v) is 11.0. The Hall–Kier alpha value is -1.03. The van der Waals surface area contributed by atoms with Gasteiger partial charge in [-0.3, -0.25) is 0 Å². The largest absolute Gasteiger partial charge is 0.444 e. The molecule has 0 aromatic carbocycles. The van der Waals surface area contributed by atoms with E-state index in [0.29, 0.717) is 19.5 Å². The minimum absolute atomic E-state index is 0.0776. The van der Waals surface area contributed by atoms with Gasteiger partial charge in [0.1, 0.15) is 5.60 Å². The maximum Gasteiger partial charge on any atom is 0.410 e. The Morgan fingerprint density at radius 1 is 1.59 bits per heavy atom. The van der Waals surface area contributed by atoms with Gasteiger partial charge in [-0.1, -0.05) is 6.08 Å².